The number of hydrogen-bond donors (Lipinski definition) is 4. The first kappa shape index (κ1) is 42.8. The average Bonchev–Trinajstić information content (AvgIpc) is 3.28. The van der Waals surface area contributed by atoms with Crippen LogP contribution in [0.4, 0.5) is 11.6 Å². The second-order valence-electron chi connectivity index (χ2n) is 17.4. The van der Waals surface area contributed by atoms with E-state index in [1.165, 1.54) is 17.5 Å². The van der Waals surface area contributed by atoms with E-state index in [9.17, 15) is 19.8 Å². The van der Waals surface area contributed by atoms with Gasteiger partial charge in [-0.25, -0.2) is 9.97 Å². The molecule has 4 N–H and O–H groups in total. The van der Waals surface area contributed by atoms with Gasteiger partial charge in [0.25, 0.3) is 0 Å². The summed E-state index contributed by atoms with van der Waals surface area (Å²) in [5.74, 6) is -1.30. The number of carbonyl (C=O) groups is 2. The van der Waals surface area contributed by atoms with E-state index in [4.69, 9.17) is 19.4 Å². The smallest absolute Gasteiger partial charge is 0.313 e. The number of benzene rings is 2. The molecule has 2 aromatic heterocycles. The zero-order valence-electron chi connectivity index (χ0n) is 35.4. The van der Waals surface area contributed by atoms with E-state index < -0.39 is 23.8 Å². The lowest BCUT2D eigenvalue weighted by Gasteiger charge is -2.33. The van der Waals surface area contributed by atoms with E-state index in [1.807, 2.05) is 48.5 Å². The Morgan fingerprint density at radius 2 is 1.15 bits per heavy atom. The number of likely N-dealkylation sites (tertiary alicyclic amines) is 2. The predicted octanol–water partition coefficient (Wildman–Crippen LogP) is 7.38. The average molecular weight is 831 g/mol. The van der Waals surface area contributed by atoms with Crippen molar-refractivity contribution in [2.75, 3.05) is 69.7 Å². The molecule has 2 aromatic carbocycles. The van der Waals surface area contributed by atoms with E-state index in [0.29, 0.717) is 11.1 Å². The number of nitrogens with zero attached hydrogens (tertiary/aromatic N) is 4. The number of rotatable bonds is 18. The Balaban J connectivity index is 0.787. The van der Waals surface area contributed by atoms with Crippen molar-refractivity contribution in [3.63, 3.8) is 0 Å². The van der Waals surface area contributed by atoms with Crippen LogP contribution >= 0.6 is 0 Å². The summed E-state index contributed by atoms with van der Waals surface area (Å²) in [4.78, 5) is 39.4. The van der Waals surface area contributed by atoms with E-state index in [2.05, 4.69) is 44.7 Å². The van der Waals surface area contributed by atoms with Crippen LogP contribution in [0.3, 0.4) is 0 Å². The van der Waals surface area contributed by atoms with Gasteiger partial charge < -0.3 is 35.2 Å². The van der Waals surface area contributed by atoms with E-state index in [1.54, 1.807) is 0 Å². The van der Waals surface area contributed by atoms with Gasteiger partial charge >= 0.3 is 11.9 Å². The van der Waals surface area contributed by atoms with Crippen LogP contribution in [0.15, 0.2) is 72.8 Å². The third-order valence-corrected chi connectivity index (χ3v) is 12.9. The number of aromatic nitrogens is 2. The molecule has 2 saturated heterocycles. The summed E-state index contributed by atoms with van der Waals surface area (Å²) in [6, 6.07) is 23.9. The predicted molar refractivity (Wildman–Crippen MR) is 237 cm³/mol. The van der Waals surface area contributed by atoms with Crippen LogP contribution in [-0.2, 0) is 44.9 Å². The molecule has 4 atom stereocenters. The van der Waals surface area contributed by atoms with E-state index >= 15 is 0 Å². The maximum absolute atomic E-state index is 12.4. The second kappa shape index (κ2) is 20.8. The van der Waals surface area contributed by atoms with Crippen molar-refractivity contribution >= 4 is 23.6 Å². The fourth-order valence-corrected chi connectivity index (χ4v) is 9.38. The Hall–Kier alpha value is -4.88. The molecular weight excluding hydrogens is 769 g/mol. The maximum atomic E-state index is 12.4. The summed E-state index contributed by atoms with van der Waals surface area (Å²) in [5.41, 5.74) is 8.04. The molecule has 2 fully saturated rings. The normalized spacial score (nSPS) is 20.4. The first-order valence-electron chi connectivity index (χ1n) is 22.6. The van der Waals surface area contributed by atoms with Crippen LogP contribution in [0.2, 0.25) is 0 Å². The van der Waals surface area contributed by atoms with Gasteiger partial charge in [0, 0.05) is 38.4 Å². The molecule has 12 nitrogen and oxygen atoms in total. The number of unbranched alkanes of at least 4 members (excludes halogenated alkanes) is 1. The Kier molecular flexibility index (Phi) is 14.6. The highest BCUT2D eigenvalue weighted by atomic mass is 16.5. The number of nitrogens with one attached hydrogen (secondary N) is 2. The van der Waals surface area contributed by atoms with Crippen LogP contribution in [-0.4, -0.2) is 113 Å². The summed E-state index contributed by atoms with van der Waals surface area (Å²) in [7, 11) is 0. The molecule has 12 heteroatoms. The molecule has 324 valence electrons. The molecule has 0 unspecified atom stereocenters. The molecule has 0 spiro atoms. The van der Waals surface area contributed by atoms with Crippen LogP contribution in [0.5, 0.6) is 0 Å². The van der Waals surface area contributed by atoms with Gasteiger partial charge in [0.1, 0.15) is 23.5 Å². The number of hydrogen-bond acceptors (Lipinski definition) is 10. The largest absolute Gasteiger partial charge is 0.481 e. The number of anilines is 2. The number of aliphatic carboxylic acids is 2. The molecule has 0 bridgehead atoms. The van der Waals surface area contributed by atoms with Gasteiger partial charge in [-0.15, -0.1) is 0 Å². The third-order valence-electron chi connectivity index (χ3n) is 12.9. The minimum absolute atomic E-state index is 0.0134. The standard InChI is InChI=1S/C49H62N6O6/c56-48(57)44(32-60-42-10-5-27-54(30-42)26-2-1-9-40-22-20-38-7-3-24-50-46(38)52-40)36-16-12-34(13-17-36)35-14-18-37(19-15-35)45(49(58)59)33-61-43-11-6-28-55(31-43)29-41-23-21-39-8-4-25-51-47(39)53-41/h12-23,42-45H,1-11,24-33H2,(H,50,52)(H,51,53)(H,56,57)(H,58,59)/t42-,43-,44+,45-/m1/s1. The summed E-state index contributed by atoms with van der Waals surface area (Å²) in [6.07, 6.45) is 11.5. The highest BCUT2D eigenvalue weighted by Crippen LogP contribution is 2.29. The highest BCUT2D eigenvalue weighted by Gasteiger charge is 2.28. The summed E-state index contributed by atoms with van der Waals surface area (Å²) in [6.45, 7) is 7.53. The van der Waals surface area contributed by atoms with Gasteiger partial charge in [0.15, 0.2) is 0 Å². The SMILES string of the molecule is O=C(O)[C@@H](CO[C@@H]1CCCN(CCCCc2ccc3c(n2)NCCC3)C1)c1ccc(-c2ccc([C@@H](CO[C@@H]3CCCN(Cc4ccc5c(n4)NCCC5)C3)C(=O)O)cc2)cc1. The molecule has 4 aliphatic heterocycles. The van der Waals surface area contributed by atoms with Crippen molar-refractivity contribution in [1.29, 1.82) is 0 Å². The highest BCUT2D eigenvalue weighted by molar-refractivity contribution is 5.78. The number of carboxylic acids is 2. The van der Waals surface area contributed by atoms with Crippen LogP contribution in [0.1, 0.15) is 96.8 Å². The molecule has 0 amide bonds. The van der Waals surface area contributed by atoms with Gasteiger partial charge in [-0.2, -0.15) is 0 Å². The van der Waals surface area contributed by atoms with Crippen molar-refractivity contribution < 1.29 is 29.3 Å². The van der Waals surface area contributed by atoms with Crippen LogP contribution in [0, 0.1) is 0 Å². The molecule has 6 heterocycles. The molecule has 8 rings (SSSR count). The molecule has 0 saturated carbocycles. The van der Waals surface area contributed by atoms with Gasteiger partial charge in [0.05, 0.1) is 31.1 Å². The van der Waals surface area contributed by atoms with Gasteiger partial charge in [-0.1, -0.05) is 60.7 Å². The third kappa shape index (κ3) is 11.5. The summed E-state index contributed by atoms with van der Waals surface area (Å²) in [5, 5.41) is 27.2. The van der Waals surface area contributed by atoms with Gasteiger partial charge in [-0.05, 0) is 136 Å². The number of fused-ring (bicyclic) bond motifs is 2. The number of aryl methyl sites for hydroxylation is 3. The topological polar surface area (TPSA) is 149 Å². The minimum atomic E-state index is -0.911. The van der Waals surface area contributed by atoms with E-state index in [-0.39, 0.29) is 25.4 Å². The van der Waals surface area contributed by atoms with Crippen molar-refractivity contribution in [3.05, 3.63) is 106 Å². The quantitative estimate of drug-likeness (QED) is 0.0742. The number of carboxylic acid groups (broad SMARTS) is 2. The lowest BCUT2D eigenvalue weighted by atomic mass is 9.94. The maximum Gasteiger partial charge on any atom is 0.313 e. The Morgan fingerprint density at radius 1 is 0.639 bits per heavy atom. The van der Waals surface area contributed by atoms with E-state index in [0.717, 1.165) is 151 Å². The monoisotopic (exact) mass is 830 g/mol. The minimum Gasteiger partial charge on any atom is -0.481 e. The van der Waals surface area contributed by atoms with Crippen molar-refractivity contribution in [3.8, 4) is 11.1 Å². The Labute approximate surface area is 360 Å². The fraction of sp³-hybridized carbons (Fsp3) is 0.510. The number of ether oxygens (including phenoxy) is 2. The summed E-state index contributed by atoms with van der Waals surface area (Å²) >= 11 is 0. The second-order valence-corrected chi connectivity index (χ2v) is 17.4. The molecule has 4 aliphatic rings. The first-order chi connectivity index (χ1) is 29.8. The van der Waals surface area contributed by atoms with Gasteiger partial charge in [0.2, 0.25) is 0 Å². The van der Waals surface area contributed by atoms with Crippen molar-refractivity contribution in [2.45, 2.75) is 101 Å². The Bertz CT molecular complexity index is 2080. The van der Waals surface area contributed by atoms with Crippen molar-refractivity contribution in [2.24, 2.45) is 0 Å². The number of piperidine rings is 2. The molecular formula is C49H62N6O6. The molecule has 0 aliphatic carbocycles. The fourth-order valence-electron chi connectivity index (χ4n) is 9.38. The van der Waals surface area contributed by atoms with Crippen molar-refractivity contribution in [1.82, 2.24) is 19.8 Å². The lowest BCUT2D eigenvalue weighted by Crippen LogP contribution is -2.40. The summed E-state index contributed by atoms with van der Waals surface area (Å²) < 4.78 is 12.6. The zero-order chi connectivity index (χ0) is 42.0. The van der Waals surface area contributed by atoms with Crippen LogP contribution < -0.4 is 10.6 Å². The first-order valence-corrected chi connectivity index (χ1v) is 22.6. The zero-order valence-corrected chi connectivity index (χ0v) is 35.4. The van der Waals surface area contributed by atoms with Gasteiger partial charge in [-0.3, -0.25) is 14.5 Å². The molecule has 4 aromatic rings. The lowest BCUT2D eigenvalue weighted by molar-refractivity contribution is -0.142. The Morgan fingerprint density at radius 3 is 1.70 bits per heavy atom. The number of pyridine rings is 2. The molecule has 61 heavy (non-hydrogen) atoms. The van der Waals surface area contributed by atoms with Crippen LogP contribution in [0.25, 0.3) is 11.1 Å². The molecule has 0 radical (unpaired) electrons.